The lowest BCUT2D eigenvalue weighted by molar-refractivity contribution is -0.132. The second-order valence-corrected chi connectivity index (χ2v) is 4.80. The second kappa shape index (κ2) is 5.15. The molecule has 3 atom stereocenters. The van der Waals surface area contributed by atoms with Crippen molar-refractivity contribution in [2.45, 2.75) is 57.8 Å². The monoisotopic (exact) mass is 226 g/mol. The van der Waals surface area contributed by atoms with Crippen molar-refractivity contribution in [2.24, 2.45) is 0 Å². The van der Waals surface area contributed by atoms with Crippen molar-refractivity contribution < 1.29 is 9.53 Å². The van der Waals surface area contributed by atoms with Crippen molar-refractivity contribution >= 4 is 5.91 Å². The summed E-state index contributed by atoms with van der Waals surface area (Å²) < 4.78 is 5.36. The number of hydrogen-bond donors (Lipinski definition) is 1. The van der Waals surface area contributed by atoms with Gasteiger partial charge in [0.15, 0.2) is 0 Å². The van der Waals surface area contributed by atoms with Gasteiger partial charge in [0.05, 0.1) is 24.9 Å². The minimum atomic E-state index is 0.0375. The second-order valence-electron chi connectivity index (χ2n) is 4.80. The standard InChI is InChI=1S/C12H22N2O2/c1-3-4-5-11-12(15)14(9(2)13-11)10-6-7-16-8-10/h9-11,13H,3-8H2,1-2H3. The minimum Gasteiger partial charge on any atom is -0.379 e. The number of carbonyl (C=O) groups excluding carboxylic acids is 1. The molecule has 0 bridgehead atoms. The van der Waals surface area contributed by atoms with Gasteiger partial charge in [0.25, 0.3) is 0 Å². The van der Waals surface area contributed by atoms with Crippen LogP contribution in [0.25, 0.3) is 0 Å². The Morgan fingerprint density at radius 1 is 1.56 bits per heavy atom. The number of nitrogens with zero attached hydrogens (tertiary/aromatic N) is 1. The van der Waals surface area contributed by atoms with Gasteiger partial charge >= 0.3 is 0 Å². The molecule has 4 heteroatoms. The number of carbonyl (C=O) groups is 1. The molecule has 2 aliphatic heterocycles. The van der Waals surface area contributed by atoms with Crippen LogP contribution in [0, 0.1) is 0 Å². The van der Waals surface area contributed by atoms with Gasteiger partial charge in [-0.3, -0.25) is 10.1 Å². The summed E-state index contributed by atoms with van der Waals surface area (Å²) in [4.78, 5) is 14.2. The molecule has 0 aromatic rings. The van der Waals surface area contributed by atoms with Gasteiger partial charge in [-0.2, -0.15) is 0 Å². The number of hydrogen-bond acceptors (Lipinski definition) is 3. The van der Waals surface area contributed by atoms with Crippen molar-refractivity contribution in [2.75, 3.05) is 13.2 Å². The quantitative estimate of drug-likeness (QED) is 0.781. The van der Waals surface area contributed by atoms with Gasteiger partial charge in [-0.25, -0.2) is 0 Å². The molecule has 2 fully saturated rings. The molecule has 0 aromatic carbocycles. The molecule has 2 aliphatic rings. The van der Waals surface area contributed by atoms with Crippen molar-refractivity contribution in [1.29, 1.82) is 0 Å². The third-order valence-electron chi connectivity index (χ3n) is 3.56. The van der Waals surface area contributed by atoms with Crippen molar-refractivity contribution in [1.82, 2.24) is 10.2 Å². The van der Waals surface area contributed by atoms with Gasteiger partial charge in [-0.15, -0.1) is 0 Å². The summed E-state index contributed by atoms with van der Waals surface area (Å²) in [6, 6.07) is 0.331. The van der Waals surface area contributed by atoms with E-state index in [-0.39, 0.29) is 18.1 Å². The molecule has 16 heavy (non-hydrogen) atoms. The molecule has 3 unspecified atom stereocenters. The van der Waals surface area contributed by atoms with Crippen LogP contribution in [-0.2, 0) is 9.53 Å². The largest absolute Gasteiger partial charge is 0.379 e. The Hall–Kier alpha value is -0.610. The predicted molar refractivity (Wildman–Crippen MR) is 62.0 cm³/mol. The average Bonchev–Trinajstić information content (AvgIpc) is 2.85. The Labute approximate surface area is 97.3 Å². The van der Waals surface area contributed by atoms with E-state index in [2.05, 4.69) is 19.2 Å². The van der Waals surface area contributed by atoms with Gasteiger partial charge in [0, 0.05) is 6.61 Å². The maximum atomic E-state index is 12.2. The average molecular weight is 226 g/mol. The first kappa shape index (κ1) is 11.9. The Bertz CT molecular complexity index is 251. The van der Waals surface area contributed by atoms with Crippen LogP contribution in [0.2, 0.25) is 0 Å². The van der Waals surface area contributed by atoms with E-state index in [1.807, 2.05) is 4.90 Å². The van der Waals surface area contributed by atoms with E-state index < -0.39 is 0 Å². The zero-order chi connectivity index (χ0) is 11.5. The van der Waals surface area contributed by atoms with Crippen molar-refractivity contribution in [3.05, 3.63) is 0 Å². The summed E-state index contributed by atoms with van der Waals surface area (Å²) in [7, 11) is 0. The molecule has 1 N–H and O–H groups in total. The molecule has 92 valence electrons. The zero-order valence-corrected chi connectivity index (χ0v) is 10.2. The van der Waals surface area contributed by atoms with Crippen LogP contribution in [-0.4, -0.2) is 42.3 Å². The fourth-order valence-corrected chi connectivity index (χ4v) is 2.67. The van der Waals surface area contributed by atoms with E-state index in [1.54, 1.807) is 0 Å². The molecule has 2 rings (SSSR count). The SMILES string of the molecule is CCCCC1NC(C)N(C2CCOC2)C1=O. The fourth-order valence-electron chi connectivity index (χ4n) is 2.67. The van der Waals surface area contributed by atoms with E-state index in [9.17, 15) is 4.79 Å². The molecule has 0 saturated carbocycles. The number of nitrogens with one attached hydrogen (secondary N) is 1. The molecule has 0 aliphatic carbocycles. The molecule has 0 spiro atoms. The maximum Gasteiger partial charge on any atom is 0.241 e. The number of amides is 1. The Morgan fingerprint density at radius 2 is 2.38 bits per heavy atom. The van der Waals surface area contributed by atoms with Gasteiger partial charge in [-0.1, -0.05) is 19.8 Å². The van der Waals surface area contributed by atoms with E-state index in [0.29, 0.717) is 12.6 Å². The Balaban J connectivity index is 1.95. The Kier molecular flexibility index (Phi) is 3.82. The van der Waals surface area contributed by atoms with Crippen LogP contribution in [0.15, 0.2) is 0 Å². The Morgan fingerprint density at radius 3 is 3.00 bits per heavy atom. The van der Waals surface area contributed by atoms with Gasteiger partial charge in [-0.05, 0) is 19.8 Å². The first-order valence-electron chi connectivity index (χ1n) is 6.40. The highest BCUT2D eigenvalue weighted by Gasteiger charge is 2.40. The van der Waals surface area contributed by atoms with Gasteiger partial charge < -0.3 is 9.64 Å². The lowest BCUT2D eigenvalue weighted by atomic mass is 10.1. The molecule has 2 heterocycles. The first-order valence-corrected chi connectivity index (χ1v) is 6.40. The number of ether oxygens (including phenoxy) is 1. The molecule has 1 amide bonds. The molecule has 0 aromatic heterocycles. The zero-order valence-electron chi connectivity index (χ0n) is 10.2. The van der Waals surface area contributed by atoms with Crippen LogP contribution < -0.4 is 5.32 Å². The topological polar surface area (TPSA) is 41.6 Å². The first-order chi connectivity index (χ1) is 7.74. The van der Waals surface area contributed by atoms with Gasteiger partial charge in [0.1, 0.15) is 0 Å². The van der Waals surface area contributed by atoms with Crippen LogP contribution in [0.4, 0.5) is 0 Å². The van der Waals surface area contributed by atoms with Crippen LogP contribution in [0.1, 0.15) is 39.5 Å². The summed E-state index contributed by atoms with van der Waals surface area (Å²) in [5, 5.41) is 3.39. The van der Waals surface area contributed by atoms with E-state index in [1.165, 1.54) is 0 Å². The van der Waals surface area contributed by atoms with Crippen LogP contribution in [0.5, 0.6) is 0 Å². The summed E-state index contributed by atoms with van der Waals surface area (Å²) >= 11 is 0. The maximum absolute atomic E-state index is 12.2. The van der Waals surface area contributed by atoms with Gasteiger partial charge in [0.2, 0.25) is 5.91 Å². The third kappa shape index (κ3) is 2.23. The van der Waals surface area contributed by atoms with E-state index in [4.69, 9.17) is 4.74 Å². The van der Waals surface area contributed by atoms with E-state index in [0.717, 1.165) is 32.3 Å². The summed E-state index contributed by atoms with van der Waals surface area (Å²) in [5.41, 5.74) is 0. The summed E-state index contributed by atoms with van der Waals surface area (Å²) in [5.74, 6) is 0.274. The normalized spacial score (nSPS) is 35.0. The molecule has 0 radical (unpaired) electrons. The molecule has 2 saturated heterocycles. The highest BCUT2D eigenvalue weighted by molar-refractivity contribution is 5.84. The molecular weight excluding hydrogens is 204 g/mol. The smallest absolute Gasteiger partial charge is 0.241 e. The highest BCUT2D eigenvalue weighted by Crippen LogP contribution is 2.22. The highest BCUT2D eigenvalue weighted by atomic mass is 16.5. The summed E-state index contributed by atoms with van der Waals surface area (Å²) in [6.07, 6.45) is 4.38. The fraction of sp³-hybridized carbons (Fsp3) is 0.917. The van der Waals surface area contributed by atoms with Crippen LogP contribution >= 0.6 is 0 Å². The number of rotatable bonds is 4. The lowest BCUT2D eigenvalue weighted by Crippen LogP contribution is -2.43. The van der Waals surface area contributed by atoms with Crippen molar-refractivity contribution in [3.8, 4) is 0 Å². The molecule has 4 nitrogen and oxygen atoms in total. The predicted octanol–water partition coefficient (Wildman–Crippen LogP) is 1.11. The minimum absolute atomic E-state index is 0.0375. The number of unbranched alkanes of at least 4 members (excludes halogenated alkanes) is 1. The van der Waals surface area contributed by atoms with E-state index >= 15 is 0 Å². The lowest BCUT2D eigenvalue weighted by Gasteiger charge is -2.26. The molecular formula is C12H22N2O2. The third-order valence-corrected chi connectivity index (χ3v) is 3.56. The van der Waals surface area contributed by atoms with Crippen molar-refractivity contribution in [3.63, 3.8) is 0 Å². The summed E-state index contributed by atoms with van der Waals surface area (Å²) in [6.45, 7) is 5.73. The van der Waals surface area contributed by atoms with Crippen LogP contribution in [0.3, 0.4) is 0 Å².